The number of nitrogen functional groups attached to an aromatic ring is 1. The molecular weight excluding hydrogens is 218 g/mol. The number of anilines is 2. The van der Waals surface area contributed by atoms with E-state index in [0.29, 0.717) is 0 Å². The zero-order valence-corrected chi connectivity index (χ0v) is 10.3. The number of benzene rings is 1. The molecule has 0 fully saturated rings. The van der Waals surface area contributed by atoms with Gasteiger partial charge in [0.15, 0.2) is 0 Å². The van der Waals surface area contributed by atoms with E-state index >= 15 is 0 Å². The topological polar surface area (TPSA) is 50.9 Å². The van der Waals surface area contributed by atoms with Crippen LogP contribution in [0.2, 0.25) is 0 Å². The third-order valence-corrected chi connectivity index (χ3v) is 3.32. The molecule has 0 unspecified atom stereocenters. The first-order valence-corrected chi connectivity index (χ1v) is 6.05. The number of aryl methyl sites for hydroxylation is 1. The Morgan fingerprint density at radius 1 is 1.38 bits per heavy atom. The van der Waals surface area contributed by atoms with Crippen molar-refractivity contribution in [1.82, 2.24) is 4.98 Å². The molecule has 0 saturated heterocycles. The molecule has 2 aromatic rings. The molecule has 0 spiro atoms. The predicted octanol–water partition coefficient (Wildman–Crippen LogP) is 2.95. The van der Waals surface area contributed by atoms with E-state index in [0.717, 1.165) is 34.2 Å². The normalized spacial score (nSPS) is 10.4. The van der Waals surface area contributed by atoms with Crippen LogP contribution in [-0.2, 0) is 6.54 Å². The molecule has 0 aliphatic heterocycles. The van der Waals surface area contributed by atoms with E-state index in [9.17, 15) is 0 Å². The highest BCUT2D eigenvalue weighted by Gasteiger charge is 2.02. The molecule has 16 heavy (non-hydrogen) atoms. The smallest absolute Gasteiger partial charge is 0.0898 e. The van der Waals surface area contributed by atoms with Crippen LogP contribution in [0.5, 0.6) is 0 Å². The fraction of sp³-hybridized carbons (Fsp3) is 0.250. The molecule has 0 radical (unpaired) electrons. The maximum atomic E-state index is 5.84. The van der Waals surface area contributed by atoms with E-state index in [1.54, 1.807) is 11.3 Å². The van der Waals surface area contributed by atoms with E-state index in [1.165, 1.54) is 0 Å². The lowest BCUT2D eigenvalue weighted by atomic mass is 10.1. The quantitative estimate of drug-likeness (QED) is 0.801. The molecule has 0 amide bonds. The van der Waals surface area contributed by atoms with Crippen LogP contribution >= 0.6 is 11.3 Å². The Morgan fingerprint density at radius 3 is 2.88 bits per heavy atom. The zero-order valence-electron chi connectivity index (χ0n) is 9.45. The lowest BCUT2D eigenvalue weighted by Gasteiger charge is -2.09. The van der Waals surface area contributed by atoms with Crippen LogP contribution < -0.4 is 11.1 Å². The predicted molar refractivity (Wildman–Crippen MR) is 69.8 cm³/mol. The van der Waals surface area contributed by atoms with Gasteiger partial charge in [-0.1, -0.05) is 6.07 Å². The summed E-state index contributed by atoms with van der Waals surface area (Å²) < 4.78 is 0. The molecule has 3 N–H and O–H groups in total. The number of nitrogens with two attached hydrogens (primary N) is 1. The second-order valence-electron chi connectivity index (χ2n) is 3.73. The Kier molecular flexibility index (Phi) is 3.10. The second-order valence-corrected chi connectivity index (χ2v) is 4.79. The van der Waals surface area contributed by atoms with Gasteiger partial charge >= 0.3 is 0 Å². The number of hydrogen-bond donors (Lipinski definition) is 2. The Morgan fingerprint density at radius 2 is 2.19 bits per heavy atom. The first-order chi connectivity index (χ1) is 7.66. The van der Waals surface area contributed by atoms with Crippen LogP contribution in [0.25, 0.3) is 0 Å². The molecule has 2 rings (SSSR count). The van der Waals surface area contributed by atoms with E-state index in [-0.39, 0.29) is 0 Å². The van der Waals surface area contributed by atoms with Crippen molar-refractivity contribution in [2.24, 2.45) is 0 Å². The number of nitrogens with one attached hydrogen (secondary N) is 1. The minimum absolute atomic E-state index is 0.745. The summed E-state index contributed by atoms with van der Waals surface area (Å²) in [5.41, 5.74) is 9.90. The number of rotatable bonds is 3. The molecule has 0 aliphatic rings. The zero-order chi connectivity index (χ0) is 11.5. The molecular formula is C12H15N3S. The molecule has 0 saturated carbocycles. The molecule has 4 heteroatoms. The molecule has 1 aromatic carbocycles. The Balaban J connectivity index is 2.07. The minimum Gasteiger partial charge on any atom is -0.398 e. The molecule has 3 nitrogen and oxygen atoms in total. The van der Waals surface area contributed by atoms with Crippen LogP contribution in [0.3, 0.4) is 0 Å². The fourth-order valence-electron chi connectivity index (χ4n) is 1.52. The summed E-state index contributed by atoms with van der Waals surface area (Å²) in [5.74, 6) is 0. The van der Waals surface area contributed by atoms with Crippen LogP contribution in [0.15, 0.2) is 23.6 Å². The Labute approximate surface area is 99.3 Å². The lowest BCUT2D eigenvalue weighted by Crippen LogP contribution is -2.02. The first-order valence-electron chi connectivity index (χ1n) is 5.17. The average molecular weight is 233 g/mol. The number of thiazole rings is 1. The maximum absolute atomic E-state index is 5.84. The first kappa shape index (κ1) is 11.0. The third kappa shape index (κ3) is 2.33. The van der Waals surface area contributed by atoms with Gasteiger partial charge in [-0.3, -0.25) is 0 Å². The maximum Gasteiger partial charge on any atom is 0.0898 e. The summed E-state index contributed by atoms with van der Waals surface area (Å²) in [7, 11) is 0. The van der Waals surface area contributed by atoms with Crippen molar-refractivity contribution in [2.75, 3.05) is 11.1 Å². The van der Waals surface area contributed by atoms with Crippen molar-refractivity contribution in [2.45, 2.75) is 20.4 Å². The van der Waals surface area contributed by atoms with Gasteiger partial charge in [0.05, 0.1) is 17.2 Å². The summed E-state index contributed by atoms with van der Waals surface area (Å²) in [6.07, 6.45) is 0. The number of aromatic nitrogens is 1. The van der Waals surface area contributed by atoms with Crippen LogP contribution in [0.1, 0.15) is 16.3 Å². The fourth-order valence-corrected chi connectivity index (χ4v) is 2.13. The van der Waals surface area contributed by atoms with Gasteiger partial charge in [-0.15, -0.1) is 11.3 Å². The van der Waals surface area contributed by atoms with Crippen LogP contribution in [-0.4, -0.2) is 4.98 Å². The summed E-state index contributed by atoms with van der Waals surface area (Å²) in [4.78, 5) is 4.40. The van der Waals surface area contributed by atoms with Crippen molar-refractivity contribution in [3.63, 3.8) is 0 Å². The van der Waals surface area contributed by atoms with Crippen molar-refractivity contribution in [1.29, 1.82) is 0 Å². The highest BCUT2D eigenvalue weighted by Crippen LogP contribution is 2.21. The average Bonchev–Trinajstić information content (AvgIpc) is 2.67. The van der Waals surface area contributed by atoms with E-state index in [4.69, 9.17) is 5.73 Å². The van der Waals surface area contributed by atoms with Gasteiger partial charge in [-0.05, 0) is 31.5 Å². The van der Waals surface area contributed by atoms with E-state index in [1.807, 2.05) is 32.0 Å². The van der Waals surface area contributed by atoms with Gasteiger partial charge in [0.1, 0.15) is 0 Å². The molecule has 1 heterocycles. The third-order valence-electron chi connectivity index (χ3n) is 2.50. The van der Waals surface area contributed by atoms with Crippen LogP contribution in [0.4, 0.5) is 11.4 Å². The van der Waals surface area contributed by atoms with Crippen molar-refractivity contribution < 1.29 is 0 Å². The second kappa shape index (κ2) is 4.53. The van der Waals surface area contributed by atoms with Crippen molar-refractivity contribution >= 4 is 22.7 Å². The van der Waals surface area contributed by atoms with E-state index in [2.05, 4.69) is 15.7 Å². The van der Waals surface area contributed by atoms with Gasteiger partial charge in [0.2, 0.25) is 0 Å². The minimum atomic E-state index is 0.745. The highest BCUT2D eigenvalue weighted by molar-refractivity contribution is 7.09. The van der Waals surface area contributed by atoms with Crippen molar-refractivity contribution in [3.8, 4) is 0 Å². The summed E-state index contributed by atoms with van der Waals surface area (Å²) in [6, 6.07) is 5.90. The Hall–Kier alpha value is -1.55. The number of hydrogen-bond acceptors (Lipinski definition) is 4. The summed E-state index contributed by atoms with van der Waals surface area (Å²) >= 11 is 1.67. The van der Waals surface area contributed by atoms with E-state index < -0.39 is 0 Å². The van der Waals surface area contributed by atoms with Crippen molar-refractivity contribution in [3.05, 3.63) is 39.8 Å². The van der Waals surface area contributed by atoms with Gasteiger partial charge in [-0.25, -0.2) is 4.98 Å². The van der Waals surface area contributed by atoms with Gasteiger partial charge in [0, 0.05) is 16.8 Å². The molecule has 84 valence electrons. The standard InChI is InChI=1S/C12H15N3S/c1-8-11(13)4-3-5-12(8)14-6-10-7-16-9(2)15-10/h3-5,7,14H,6,13H2,1-2H3. The molecule has 0 atom stereocenters. The molecule has 1 aromatic heterocycles. The Bertz CT molecular complexity index is 491. The molecule has 0 bridgehead atoms. The number of nitrogens with zero attached hydrogens (tertiary/aromatic N) is 1. The van der Waals surface area contributed by atoms with Gasteiger partial charge in [-0.2, -0.15) is 0 Å². The van der Waals surface area contributed by atoms with Crippen LogP contribution in [0, 0.1) is 13.8 Å². The highest BCUT2D eigenvalue weighted by atomic mass is 32.1. The monoisotopic (exact) mass is 233 g/mol. The summed E-state index contributed by atoms with van der Waals surface area (Å²) in [6.45, 7) is 4.78. The largest absolute Gasteiger partial charge is 0.398 e. The van der Waals surface area contributed by atoms with Gasteiger partial charge in [0.25, 0.3) is 0 Å². The molecule has 0 aliphatic carbocycles. The summed E-state index contributed by atoms with van der Waals surface area (Å²) in [5, 5.41) is 6.52. The SMILES string of the molecule is Cc1nc(CNc2cccc(N)c2C)cs1. The van der Waals surface area contributed by atoms with Gasteiger partial charge < -0.3 is 11.1 Å². The lowest BCUT2D eigenvalue weighted by molar-refractivity contribution is 1.05.